The summed E-state index contributed by atoms with van der Waals surface area (Å²) in [5, 5.41) is 46.8. The number of aliphatic hydroxyl groups is 2. The lowest BCUT2D eigenvalue weighted by molar-refractivity contribution is -0.174. The number of cyclic esters (lactones) is 2. The second kappa shape index (κ2) is 34.9. The first-order valence-corrected chi connectivity index (χ1v) is 43.2. The molecule has 4 fully saturated rings. The molecule has 16 nitrogen and oxygen atoms in total. The Bertz CT molecular complexity index is 2470. The molecule has 7 rings (SSSR count). The fourth-order valence-electron chi connectivity index (χ4n) is 14.4. The smallest absolute Gasteiger partial charge is 0.342 e. The van der Waals surface area contributed by atoms with Gasteiger partial charge in [-0.05, 0) is 229 Å². The van der Waals surface area contributed by atoms with Crippen molar-refractivity contribution in [1.82, 2.24) is 0 Å². The van der Waals surface area contributed by atoms with E-state index in [9.17, 15) is 39.6 Å². The number of rotatable bonds is 18. The quantitative estimate of drug-likeness (QED) is 0.0619. The highest BCUT2D eigenvalue weighted by Gasteiger charge is 2.45. The Labute approximate surface area is 554 Å². The second-order valence-electron chi connectivity index (χ2n) is 32.0. The van der Waals surface area contributed by atoms with Crippen LogP contribution in [0.4, 0.5) is 0 Å². The van der Waals surface area contributed by atoms with Gasteiger partial charge in [0.1, 0.15) is 34.8 Å². The second-order valence-corrected chi connectivity index (χ2v) is 43.2. The first kappa shape index (κ1) is 75.5. The van der Waals surface area contributed by atoms with Crippen LogP contribution in [0.2, 0.25) is 51.4 Å². The van der Waals surface area contributed by atoms with Crippen LogP contribution in [0, 0.1) is 22.7 Å². The summed E-state index contributed by atoms with van der Waals surface area (Å²) in [4.78, 5) is 56.2. The third-order valence-electron chi connectivity index (χ3n) is 20.8. The Morgan fingerprint density at radius 2 is 0.837 bits per heavy atom. The Morgan fingerprint density at radius 1 is 0.489 bits per heavy atom. The number of aliphatic hydroxyl groups excluding tert-OH is 2. The number of aryl methyl sites for hydroxylation is 2. The summed E-state index contributed by atoms with van der Waals surface area (Å²) < 4.78 is 51.5. The third kappa shape index (κ3) is 23.2. The summed E-state index contributed by atoms with van der Waals surface area (Å²) in [5.74, 6) is -2.44. The zero-order chi connectivity index (χ0) is 67.0. The van der Waals surface area contributed by atoms with E-state index in [-0.39, 0.29) is 108 Å². The van der Waals surface area contributed by atoms with E-state index in [1.807, 2.05) is 39.8 Å². The van der Waals surface area contributed by atoms with E-state index in [1.165, 1.54) is 12.1 Å². The monoisotopic (exact) mass is 1320 g/mol. The number of aromatic hydroxyl groups is 2. The molecule has 0 saturated carbocycles. The maximum atomic E-state index is 14.6. The van der Waals surface area contributed by atoms with E-state index in [0.29, 0.717) is 101 Å². The van der Waals surface area contributed by atoms with Gasteiger partial charge in [0.25, 0.3) is 0 Å². The van der Waals surface area contributed by atoms with Crippen molar-refractivity contribution in [3.05, 3.63) is 58.7 Å². The van der Waals surface area contributed by atoms with Crippen molar-refractivity contribution in [2.24, 2.45) is 22.7 Å². The van der Waals surface area contributed by atoms with Crippen molar-refractivity contribution in [3.8, 4) is 11.5 Å². The Hall–Kier alpha value is -3.89. The predicted molar refractivity (Wildman–Crippen MR) is 364 cm³/mol. The van der Waals surface area contributed by atoms with E-state index >= 15 is 0 Å². The average molecular weight is 1320 g/mol. The molecule has 2 aromatic carbocycles. The van der Waals surface area contributed by atoms with Crippen molar-refractivity contribution in [1.29, 1.82) is 0 Å². The number of phenolic OH excluding ortho intramolecular Hbond substituents is 2. The average Bonchev–Trinajstić information content (AvgIpc) is 0.880. The lowest BCUT2D eigenvalue weighted by Gasteiger charge is -2.39. The van der Waals surface area contributed by atoms with Crippen molar-refractivity contribution in [2.45, 2.75) is 333 Å². The molecule has 520 valence electrons. The van der Waals surface area contributed by atoms with Crippen molar-refractivity contribution in [2.75, 3.05) is 13.2 Å². The largest absolute Gasteiger partial charge is 0.507 e. The topological polar surface area (TPSA) is 223 Å². The summed E-state index contributed by atoms with van der Waals surface area (Å²) in [6, 6.07) is 12.1. The van der Waals surface area contributed by atoms with Crippen molar-refractivity contribution >= 4 is 40.0 Å². The molecule has 2 aromatic rings. The predicted octanol–water partition coefficient (Wildman–Crippen LogP) is 15.2. The van der Waals surface area contributed by atoms with Crippen LogP contribution in [0.3, 0.4) is 0 Å². The molecule has 4 N–H and O–H groups in total. The van der Waals surface area contributed by atoms with Crippen LogP contribution in [0.15, 0.2) is 36.4 Å². The third-order valence-corrected chi connectivity index (χ3v) is 24.2. The van der Waals surface area contributed by atoms with Crippen LogP contribution in [-0.4, -0.2) is 147 Å². The maximum absolute atomic E-state index is 14.6. The summed E-state index contributed by atoms with van der Waals surface area (Å²) in [7, 11) is -2.80. The molecule has 0 unspecified atom stereocenters. The first-order valence-electron chi connectivity index (χ1n) is 35.8. The Balaban J connectivity index is 1.05. The summed E-state index contributed by atoms with van der Waals surface area (Å²) >= 11 is 0. The van der Waals surface area contributed by atoms with Crippen LogP contribution in [0.25, 0.3) is 0 Å². The molecular weight excluding hydrogens is 1200 g/mol. The number of ether oxygens (including phenoxy) is 8. The van der Waals surface area contributed by atoms with Gasteiger partial charge in [0.05, 0.1) is 85.1 Å². The molecule has 0 amide bonds. The molecule has 5 aliphatic heterocycles. The van der Waals surface area contributed by atoms with Gasteiger partial charge in [0, 0.05) is 29.0 Å². The minimum atomic E-state index is -1.40. The SMILES string of the molecule is C[C@H]1CC[C@@H]2CCC[C@H](CCCc3cccc(O)c3C(=O)O[C@H](C[C@@H](O)C[C@@H]3CCC[C@H](C(C)(C)C(=O)OCC[Si](C)(C)C)O3)[C@@H](C)CC[C@@H]3CCC[C@H](CCCc4cccc(O)c4C(=O)O[C@@H]1C[C@@H](O)C[C@@H]1CCC[C@H](C(C)(C)C(=O)OCC[Si](C)(C)C)O1)O3)O2. The number of carbonyl (C=O) groups excluding carboxylic acids is 4. The van der Waals surface area contributed by atoms with Gasteiger partial charge in [0.15, 0.2) is 0 Å². The highest BCUT2D eigenvalue weighted by Crippen LogP contribution is 2.40. The van der Waals surface area contributed by atoms with E-state index in [2.05, 4.69) is 53.1 Å². The molecule has 18 heteroatoms. The number of hydrogen-bond donors (Lipinski definition) is 4. The number of hydrogen-bond acceptors (Lipinski definition) is 16. The highest BCUT2D eigenvalue weighted by molar-refractivity contribution is 6.76. The molecule has 92 heavy (non-hydrogen) atoms. The molecule has 0 aliphatic carbocycles. The van der Waals surface area contributed by atoms with E-state index in [1.54, 1.807) is 12.1 Å². The summed E-state index contributed by atoms with van der Waals surface area (Å²) in [5.41, 5.74) is -0.0747. The molecule has 5 aliphatic rings. The molecule has 5 heterocycles. The van der Waals surface area contributed by atoms with Gasteiger partial charge in [-0.25, -0.2) is 9.59 Å². The Morgan fingerprint density at radius 3 is 1.21 bits per heavy atom. The lowest BCUT2D eigenvalue weighted by Crippen LogP contribution is -2.45. The fourth-order valence-corrected chi connectivity index (χ4v) is 15.9. The summed E-state index contributed by atoms with van der Waals surface area (Å²) in [6.45, 7) is 26.0. The van der Waals surface area contributed by atoms with Gasteiger partial charge in [-0.3, -0.25) is 9.59 Å². The normalized spacial score (nSPS) is 29.2. The molecule has 0 aromatic heterocycles. The van der Waals surface area contributed by atoms with Crippen LogP contribution >= 0.6 is 0 Å². The molecule has 4 bridgehead atoms. The van der Waals surface area contributed by atoms with Gasteiger partial charge in [-0.1, -0.05) is 77.4 Å². The standard InChI is InChI=1S/C74H120O16Si2/c1-49-37-39-57-29-17-27-55(85-57)25-14-22-52-24-16-34-62(78)68(52)70(80)90-64(48-54(76)46-60-32-20-36-66(88-60)74(5,6)72(82)84-42-44-92(10,11)12)50(2)38-40-58-30-18-28-56(86-58)26-13-21-51-23-15-33-61(77)67(51)69(79)89-63(49)47-53(75)45-59-31-19-35-65(87-59)73(3,4)71(81)83-41-43-91(7,8)9/h15-16,23-24,33-34,49-50,53-60,63-66,75-78H,13-14,17-22,25-32,35-48H2,1-12H3/t49-,50-,53-,54-,55-,56-,57-,58-,59-,60-,63+,64+,65+,66+/m0/s1. The fraction of sp³-hybridized carbons (Fsp3) is 0.784. The number of phenols is 2. The molecule has 0 radical (unpaired) electrons. The van der Waals surface area contributed by atoms with Crippen LogP contribution in [-0.2, 0) is 60.3 Å². The lowest BCUT2D eigenvalue weighted by atomic mass is 9.81. The first-order chi connectivity index (χ1) is 43.4. The molecule has 14 atom stereocenters. The number of benzene rings is 2. The van der Waals surface area contributed by atoms with E-state index in [0.717, 1.165) is 89.1 Å². The van der Waals surface area contributed by atoms with E-state index < -0.39 is 63.3 Å². The Kier molecular flexibility index (Phi) is 28.6. The van der Waals surface area contributed by atoms with Crippen molar-refractivity contribution in [3.63, 3.8) is 0 Å². The zero-order valence-electron chi connectivity index (χ0n) is 58.4. The van der Waals surface area contributed by atoms with Crippen molar-refractivity contribution < 1.29 is 77.5 Å². The minimum absolute atomic E-state index is 0.0203. The molecule has 0 spiro atoms. The van der Waals surface area contributed by atoms with Crippen LogP contribution in [0.1, 0.15) is 227 Å². The maximum Gasteiger partial charge on any atom is 0.342 e. The highest BCUT2D eigenvalue weighted by atomic mass is 28.3. The molecule has 4 saturated heterocycles. The van der Waals surface area contributed by atoms with Crippen LogP contribution in [0.5, 0.6) is 11.5 Å². The van der Waals surface area contributed by atoms with Gasteiger partial charge >= 0.3 is 23.9 Å². The zero-order valence-corrected chi connectivity index (χ0v) is 60.4. The van der Waals surface area contributed by atoms with E-state index in [4.69, 9.17) is 37.9 Å². The van der Waals surface area contributed by atoms with Crippen LogP contribution < -0.4 is 0 Å². The summed E-state index contributed by atoms with van der Waals surface area (Å²) in [6.07, 6.45) is 13.0. The van der Waals surface area contributed by atoms with Gasteiger partial charge in [0.2, 0.25) is 0 Å². The minimum Gasteiger partial charge on any atom is -0.507 e. The molecular formula is C74H120O16Si2. The van der Waals surface area contributed by atoms with Gasteiger partial charge in [-0.15, -0.1) is 0 Å². The van der Waals surface area contributed by atoms with Gasteiger partial charge < -0.3 is 58.3 Å². The number of esters is 4. The number of fused-ring (bicyclic) bond motifs is 6. The number of carbonyl (C=O) groups is 4. The van der Waals surface area contributed by atoms with Gasteiger partial charge in [-0.2, -0.15) is 0 Å².